The first kappa shape index (κ1) is 14.9. The number of carbonyl (C=O) groups excluding carboxylic acids is 1. The van der Waals surface area contributed by atoms with Gasteiger partial charge >= 0.3 is 0 Å². The molecule has 0 bridgehead atoms. The fourth-order valence-electron chi connectivity index (χ4n) is 2.00. The average Bonchev–Trinajstić information content (AvgIpc) is 2.43. The maximum Gasteiger partial charge on any atom is 0.261 e. The summed E-state index contributed by atoms with van der Waals surface area (Å²) < 4.78 is 40.5. The molecule has 0 aliphatic rings. The Morgan fingerprint density at radius 1 is 1.14 bits per heavy atom. The molecule has 0 saturated carbocycles. The summed E-state index contributed by atoms with van der Waals surface area (Å²) in [7, 11) is 0. The van der Waals surface area contributed by atoms with Crippen LogP contribution in [0.15, 0.2) is 36.4 Å². The van der Waals surface area contributed by atoms with Crippen molar-refractivity contribution in [2.45, 2.75) is 6.92 Å². The second kappa shape index (κ2) is 5.87. The maximum atomic E-state index is 13.9. The fourth-order valence-corrected chi connectivity index (χ4v) is 2.00. The van der Waals surface area contributed by atoms with E-state index < -0.39 is 34.6 Å². The van der Waals surface area contributed by atoms with Gasteiger partial charge in [-0.15, -0.1) is 0 Å². The first-order valence-corrected chi connectivity index (χ1v) is 6.26. The SMILES string of the molecule is CCN(C(=O)c1cc(F)cc(N)c1F)c1cccc(F)c1. The molecular formula is C15H13F3N2O. The lowest BCUT2D eigenvalue weighted by molar-refractivity contribution is 0.0984. The average molecular weight is 294 g/mol. The van der Waals surface area contributed by atoms with Crippen LogP contribution in [-0.2, 0) is 0 Å². The highest BCUT2D eigenvalue weighted by atomic mass is 19.1. The quantitative estimate of drug-likeness (QED) is 0.882. The fraction of sp³-hybridized carbons (Fsp3) is 0.133. The number of hydrogen-bond donors (Lipinski definition) is 1. The Hall–Kier alpha value is -2.50. The van der Waals surface area contributed by atoms with Crippen LogP contribution in [0.25, 0.3) is 0 Å². The van der Waals surface area contributed by atoms with E-state index in [1.165, 1.54) is 18.2 Å². The molecule has 0 saturated heterocycles. The number of amides is 1. The predicted octanol–water partition coefficient (Wildman–Crippen LogP) is 3.35. The largest absolute Gasteiger partial charge is 0.396 e. The standard InChI is InChI=1S/C15H13F3N2O/c1-2-20(11-5-3-4-9(16)6-11)15(21)12-7-10(17)8-13(19)14(12)18/h3-8H,2,19H2,1H3. The molecule has 0 atom stereocenters. The Labute approximate surface area is 119 Å². The summed E-state index contributed by atoms with van der Waals surface area (Å²) in [6, 6.07) is 6.87. The lowest BCUT2D eigenvalue weighted by atomic mass is 10.1. The van der Waals surface area contributed by atoms with Gasteiger partial charge in [-0.3, -0.25) is 4.79 Å². The molecule has 0 aliphatic heterocycles. The Morgan fingerprint density at radius 3 is 2.48 bits per heavy atom. The van der Waals surface area contributed by atoms with Crippen LogP contribution in [0.5, 0.6) is 0 Å². The summed E-state index contributed by atoms with van der Waals surface area (Å²) in [5, 5.41) is 0. The molecule has 0 fully saturated rings. The van der Waals surface area contributed by atoms with Crippen LogP contribution in [-0.4, -0.2) is 12.5 Å². The molecule has 2 N–H and O–H groups in total. The lowest BCUT2D eigenvalue weighted by Crippen LogP contribution is -2.31. The summed E-state index contributed by atoms with van der Waals surface area (Å²) in [4.78, 5) is 13.5. The van der Waals surface area contributed by atoms with E-state index in [4.69, 9.17) is 5.73 Å². The van der Waals surface area contributed by atoms with Crippen LogP contribution < -0.4 is 10.6 Å². The zero-order valence-corrected chi connectivity index (χ0v) is 11.2. The molecule has 2 aromatic carbocycles. The first-order chi connectivity index (χ1) is 9.93. The Balaban J connectivity index is 2.46. The van der Waals surface area contributed by atoms with E-state index in [2.05, 4.69) is 0 Å². The second-order valence-electron chi connectivity index (χ2n) is 4.39. The molecule has 0 heterocycles. The molecule has 0 aliphatic carbocycles. The molecule has 21 heavy (non-hydrogen) atoms. The molecule has 3 nitrogen and oxygen atoms in total. The van der Waals surface area contributed by atoms with Gasteiger partial charge in [0, 0.05) is 12.2 Å². The molecule has 0 aromatic heterocycles. The highest BCUT2D eigenvalue weighted by molar-refractivity contribution is 6.06. The zero-order valence-electron chi connectivity index (χ0n) is 11.2. The van der Waals surface area contributed by atoms with E-state index in [1.54, 1.807) is 6.92 Å². The molecule has 0 radical (unpaired) electrons. The second-order valence-corrected chi connectivity index (χ2v) is 4.39. The number of carbonyl (C=O) groups is 1. The van der Waals surface area contributed by atoms with Crippen molar-refractivity contribution in [1.29, 1.82) is 0 Å². The minimum absolute atomic E-state index is 0.165. The topological polar surface area (TPSA) is 46.3 Å². The molecule has 2 aromatic rings. The van der Waals surface area contributed by atoms with Gasteiger partial charge in [0.05, 0.1) is 11.3 Å². The van der Waals surface area contributed by atoms with Crippen LogP contribution in [0, 0.1) is 17.5 Å². The number of hydrogen-bond acceptors (Lipinski definition) is 2. The molecule has 2 rings (SSSR count). The van der Waals surface area contributed by atoms with E-state index in [9.17, 15) is 18.0 Å². The van der Waals surface area contributed by atoms with Crippen LogP contribution in [0.4, 0.5) is 24.5 Å². The molecule has 0 unspecified atom stereocenters. The van der Waals surface area contributed by atoms with Crippen LogP contribution in [0.1, 0.15) is 17.3 Å². The Bertz CT molecular complexity index is 689. The third-order valence-corrected chi connectivity index (χ3v) is 2.98. The Kier molecular flexibility index (Phi) is 4.16. The number of nitrogens with two attached hydrogens (primary N) is 1. The van der Waals surface area contributed by atoms with Crippen molar-refractivity contribution in [2.75, 3.05) is 17.2 Å². The summed E-state index contributed by atoms with van der Waals surface area (Å²) in [5.74, 6) is -3.12. The minimum atomic E-state index is -0.990. The summed E-state index contributed by atoms with van der Waals surface area (Å²) >= 11 is 0. The van der Waals surface area contributed by atoms with Crippen molar-refractivity contribution in [3.8, 4) is 0 Å². The molecule has 6 heteroatoms. The lowest BCUT2D eigenvalue weighted by Gasteiger charge is -2.21. The van der Waals surface area contributed by atoms with Gasteiger partial charge in [0.25, 0.3) is 5.91 Å². The van der Waals surface area contributed by atoms with Gasteiger partial charge in [-0.1, -0.05) is 6.07 Å². The Morgan fingerprint density at radius 2 is 1.86 bits per heavy atom. The van der Waals surface area contributed by atoms with E-state index in [1.807, 2.05) is 0 Å². The van der Waals surface area contributed by atoms with Gasteiger partial charge in [-0.25, -0.2) is 13.2 Å². The van der Waals surface area contributed by atoms with Crippen LogP contribution in [0.3, 0.4) is 0 Å². The smallest absolute Gasteiger partial charge is 0.261 e. The number of nitrogen functional groups attached to an aromatic ring is 1. The van der Waals surface area contributed by atoms with E-state index in [0.717, 1.165) is 23.1 Å². The van der Waals surface area contributed by atoms with Gasteiger partial charge in [-0.2, -0.15) is 0 Å². The van der Waals surface area contributed by atoms with Crippen molar-refractivity contribution in [3.63, 3.8) is 0 Å². The van der Waals surface area contributed by atoms with Gasteiger partial charge in [-0.05, 0) is 37.3 Å². The number of benzene rings is 2. The molecule has 1 amide bonds. The zero-order chi connectivity index (χ0) is 15.6. The highest BCUT2D eigenvalue weighted by Gasteiger charge is 2.22. The third kappa shape index (κ3) is 2.99. The molecule has 0 spiro atoms. The highest BCUT2D eigenvalue weighted by Crippen LogP contribution is 2.23. The third-order valence-electron chi connectivity index (χ3n) is 2.98. The van der Waals surface area contributed by atoms with E-state index >= 15 is 0 Å². The predicted molar refractivity (Wildman–Crippen MR) is 74.5 cm³/mol. The van der Waals surface area contributed by atoms with Crippen molar-refractivity contribution >= 4 is 17.3 Å². The number of halogens is 3. The monoisotopic (exact) mass is 294 g/mol. The van der Waals surface area contributed by atoms with E-state index in [-0.39, 0.29) is 12.2 Å². The van der Waals surface area contributed by atoms with Gasteiger partial charge in [0.15, 0.2) is 5.82 Å². The van der Waals surface area contributed by atoms with Crippen molar-refractivity contribution in [2.24, 2.45) is 0 Å². The van der Waals surface area contributed by atoms with Gasteiger partial charge in [0.2, 0.25) is 0 Å². The summed E-state index contributed by atoms with van der Waals surface area (Å²) in [6.07, 6.45) is 0. The summed E-state index contributed by atoms with van der Waals surface area (Å²) in [5.41, 5.74) is 4.63. The number of nitrogens with zero attached hydrogens (tertiary/aromatic N) is 1. The number of rotatable bonds is 3. The normalized spacial score (nSPS) is 10.5. The van der Waals surface area contributed by atoms with Crippen molar-refractivity contribution < 1.29 is 18.0 Å². The van der Waals surface area contributed by atoms with Crippen molar-refractivity contribution in [3.05, 3.63) is 59.4 Å². The molecular weight excluding hydrogens is 281 g/mol. The maximum absolute atomic E-state index is 13.9. The van der Waals surface area contributed by atoms with E-state index in [0.29, 0.717) is 0 Å². The van der Waals surface area contributed by atoms with Crippen LogP contribution in [0.2, 0.25) is 0 Å². The first-order valence-electron chi connectivity index (χ1n) is 6.26. The van der Waals surface area contributed by atoms with Gasteiger partial charge < -0.3 is 10.6 Å². The van der Waals surface area contributed by atoms with Gasteiger partial charge in [0.1, 0.15) is 11.6 Å². The van der Waals surface area contributed by atoms with Crippen molar-refractivity contribution in [1.82, 2.24) is 0 Å². The number of anilines is 2. The minimum Gasteiger partial charge on any atom is -0.396 e. The molecule has 110 valence electrons. The van der Waals surface area contributed by atoms with Crippen LogP contribution >= 0.6 is 0 Å². The summed E-state index contributed by atoms with van der Waals surface area (Å²) in [6.45, 7) is 1.81.